The predicted molar refractivity (Wildman–Crippen MR) is 109 cm³/mol. The molecule has 0 bridgehead atoms. The first-order valence-electron chi connectivity index (χ1n) is 8.59. The maximum atomic E-state index is 13.2. The van der Waals surface area contributed by atoms with Crippen LogP contribution in [0.4, 0.5) is 19.0 Å². The second-order valence-electron chi connectivity index (χ2n) is 6.48. The third kappa shape index (κ3) is 4.16. The van der Waals surface area contributed by atoms with Crippen molar-refractivity contribution in [3.63, 3.8) is 0 Å². The topological polar surface area (TPSA) is 85.7 Å². The number of hydrogen-bond donors (Lipinski definition) is 1. The zero-order valence-corrected chi connectivity index (χ0v) is 17.0. The highest BCUT2D eigenvalue weighted by atomic mass is 32.2. The van der Waals surface area contributed by atoms with Gasteiger partial charge in [0.05, 0.1) is 11.3 Å². The van der Waals surface area contributed by atoms with Gasteiger partial charge in [-0.25, -0.2) is 9.97 Å². The van der Waals surface area contributed by atoms with Crippen LogP contribution in [0, 0.1) is 11.3 Å². The smallest absolute Gasteiger partial charge is 0.362 e. The highest BCUT2D eigenvalue weighted by Gasteiger charge is 2.32. The van der Waals surface area contributed by atoms with Gasteiger partial charge in [0.25, 0.3) is 5.56 Å². The molecule has 0 saturated carbocycles. The minimum Gasteiger partial charge on any atom is -0.362 e. The van der Waals surface area contributed by atoms with E-state index in [9.17, 15) is 23.2 Å². The number of hydrogen-bond acceptors (Lipinski definition) is 6. The van der Waals surface area contributed by atoms with Crippen LogP contribution in [0.2, 0.25) is 0 Å². The van der Waals surface area contributed by atoms with E-state index >= 15 is 0 Å². The molecule has 3 rings (SSSR count). The number of thioether (sulfide) groups is 1. The lowest BCUT2D eigenvalue weighted by Crippen LogP contribution is -2.15. The molecule has 0 radical (unpaired) electrons. The zero-order chi connectivity index (χ0) is 22.1. The van der Waals surface area contributed by atoms with E-state index in [1.165, 1.54) is 11.8 Å². The Morgan fingerprint density at radius 3 is 2.50 bits per heavy atom. The lowest BCUT2D eigenvalue weighted by molar-refractivity contribution is -0.137. The molecule has 0 saturated heterocycles. The van der Waals surface area contributed by atoms with Crippen molar-refractivity contribution < 1.29 is 13.2 Å². The number of benzene rings is 1. The summed E-state index contributed by atoms with van der Waals surface area (Å²) in [7, 11) is 3.36. The number of nitrogens with zero attached hydrogens (tertiary/aromatic N) is 4. The van der Waals surface area contributed by atoms with Crippen molar-refractivity contribution in [2.75, 3.05) is 25.3 Å². The van der Waals surface area contributed by atoms with Crippen LogP contribution in [0.15, 0.2) is 46.5 Å². The first kappa shape index (κ1) is 21.4. The number of nitriles is 1. The largest absolute Gasteiger partial charge is 0.417 e. The van der Waals surface area contributed by atoms with Crippen LogP contribution in [0.1, 0.15) is 11.1 Å². The summed E-state index contributed by atoms with van der Waals surface area (Å²) in [5.41, 5.74) is -0.292. The molecule has 2 aromatic heterocycles. The quantitative estimate of drug-likeness (QED) is 0.493. The zero-order valence-electron chi connectivity index (χ0n) is 16.2. The molecular formula is C20H16F3N5OS. The van der Waals surface area contributed by atoms with Gasteiger partial charge in [-0.15, -0.1) is 0 Å². The van der Waals surface area contributed by atoms with Gasteiger partial charge in [0.1, 0.15) is 17.5 Å². The lowest BCUT2D eigenvalue weighted by Gasteiger charge is -2.18. The van der Waals surface area contributed by atoms with E-state index in [1.807, 2.05) is 6.07 Å². The standard InChI is InChI=1S/C20H16F3N5OS/c1-28(2)17-14(8-13(10-25-17)20(21,22)23)11-5-4-6-12(7-11)16-15(9-24)18(29)27-19(26-16)30-3/h4-8,10H,1-3H3,(H,26,27,29). The Bertz CT molecular complexity index is 1200. The molecule has 10 heteroatoms. The van der Waals surface area contributed by atoms with Crippen molar-refractivity contribution >= 4 is 17.6 Å². The van der Waals surface area contributed by atoms with Crippen LogP contribution in [0.5, 0.6) is 0 Å². The molecule has 1 N–H and O–H groups in total. The molecule has 0 atom stereocenters. The molecule has 6 nitrogen and oxygen atoms in total. The van der Waals surface area contributed by atoms with Gasteiger partial charge < -0.3 is 9.88 Å². The molecule has 1 aromatic carbocycles. The highest BCUT2D eigenvalue weighted by molar-refractivity contribution is 7.98. The van der Waals surface area contributed by atoms with E-state index in [0.717, 1.165) is 12.3 Å². The minimum absolute atomic E-state index is 0.166. The summed E-state index contributed by atoms with van der Waals surface area (Å²) in [6, 6.07) is 9.39. The molecule has 154 valence electrons. The number of anilines is 1. The molecule has 0 aliphatic rings. The average molecular weight is 431 g/mol. The summed E-state index contributed by atoms with van der Waals surface area (Å²) in [4.78, 5) is 24.6. The van der Waals surface area contributed by atoms with Crippen LogP contribution >= 0.6 is 11.8 Å². The molecule has 0 aliphatic heterocycles. The molecule has 3 aromatic rings. The molecular weight excluding hydrogens is 415 g/mol. The third-order valence-electron chi connectivity index (χ3n) is 4.27. The number of alkyl halides is 3. The van der Waals surface area contributed by atoms with E-state index < -0.39 is 17.3 Å². The Kier molecular flexibility index (Phi) is 5.85. The van der Waals surface area contributed by atoms with Crippen LogP contribution in [0.3, 0.4) is 0 Å². The van der Waals surface area contributed by atoms with Crippen LogP contribution < -0.4 is 10.5 Å². The van der Waals surface area contributed by atoms with Gasteiger partial charge >= 0.3 is 6.18 Å². The number of aromatic amines is 1. The molecule has 30 heavy (non-hydrogen) atoms. The predicted octanol–water partition coefficient (Wildman–Crippen LogP) is 4.18. The van der Waals surface area contributed by atoms with Gasteiger partial charge in [0.2, 0.25) is 0 Å². The van der Waals surface area contributed by atoms with E-state index in [-0.39, 0.29) is 16.8 Å². The molecule has 2 heterocycles. The number of pyridine rings is 1. The summed E-state index contributed by atoms with van der Waals surface area (Å²) in [6.45, 7) is 0. The number of H-pyrrole nitrogens is 1. The fourth-order valence-electron chi connectivity index (χ4n) is 2.88. The number of aromatic nitrogens is 3. The van der Waals surface area contributed by atoms with Gasteiger partial charge in [-0.3, -0.25) is 4.79 Å². The Hall–Kier alpha value is -3.32. The summed E-state index contributed by atoms with van der Waals surface area (Å²) in [5, 5.41) is 9.72. The molecule has 0 fully saturated rings. The third-order valence-corrected chi connectivity index (χ3v) is 4.85. The normalized spacial score (nSPS) is 11.2. The van der Waals surface area contributed by atoms with Gasteiger partial charge in [0, 0.05) is 31.4 Å². The molecule has 0 spiro atoms. The Morgan fingerprint density at radius 2 is 1.90 bits per heavy atom. The van der Waals surface area contributed by atoms with E-state index in [0.29, 0.717) is 22.1 Å². The van der Waals surface area contributed by atoms with Crippen LogP contribution in [0.25, 0.3) is 22.4 Å². The minimum atomic E-state index is -4.54. The van der Waals surface area contributed by atoms with Gasteiger partial charge in [-0.1, -0.05) is 30.0 Å². The van der Waals surface area contributed by atoms with E-state index in [1.54, 1.807) is 49.5 Å². The van der Waals surface area contributed by atoms with Crippen molar-refractivity contribution in [2.45, 2.75) is 11.3 Å². The van der Waals surface area contributed by atoms with E-state index in [4.69, 9.17) is 0 Å². The highest BCUT2D eigenvalue weighted by Crippen LogP contribution is 2.36. The SMILES string of the molecule is CSc1nc(-c2cccc(-c3cc(C(F)(F)F)cnc3N(C)C)c2)c(C#N)c(=O)[nH]1. The maximum Gasteiger partial charge on any atom is 0.417 e. The summed E-state index contributed by atoms with van der Waals surface area (Å²) in [5.74, 6) is 0.351. The second-order valence-corrected chi connectivity index (χ2v) is 7.27. The van der Waals surface area contributed by atoms with Gasteiger partial charge in [0.15, 0.2) is 5.16 Å². The molecule has 0 aliphatic carbocycles. The average Bonchev–Trinajstić information content (AvgIpc) is 2.72. The van der Waals surface area contributed by atoms with Crippen molar-refractivity contribution in [1.29, 1.82) is 5.26 Å². The van der Waals surface area contributed by atoms with Crippen LogP contribution in [-0.4, -0.2) is 35.3 Å². The second kappa shape index (κ2) is 8.20. The Labute approximate surface area is 174 Å². The van der Waals surface area contributed by atoms with Gasteiger partial charge in [-0.2, -0.15) is 18.4 Å². The Balaban J connectivity index is 2.24. The fourth-order valence-corrected chi connectivity index (χ4v) is 3.25. The summed E-state index contributed by atoms with van der Waals surface area (Å²) < 4.78 is 39.7. The molecule has 0 amide bonds. The van der Waals surface area contributed by atoms with E-state index in [2.05, 4.69) is 15.0 Å². The summed E-state index contributed by atoms with van der Waals surface area (Å²) in [6.07, 6.45) is -2.03. The van der Waals surface area contributed by atoms with Crippen molar-refractivity contribution in [2.24, 2.45) is 0 Å². The Morgan fingerprint density at radius 1 is 1.20 bits per heavy atom. The number of halogens is 3. The van der Waals surface area contributed by atoms with Crippen molar-refractivity contribution in [3.8, 4) is 28.5 Å². The first-order chi connectivity index (χ1) is 14.2. The monoisotopic (exact) mass is 431 g/mol. The summed E-state index contributed by atoms with van der Waals surface area (Å²) >= 11 is 1.20. The number of nitrogens with one attached hydrogen (secondary N) is 1. The fraction of sp³-hybridized carbons (Fsp3) is 0.200. The first-order valence-corrected chi connectivity index (χ1v) is 9.82. The van der Waals surface area contributed by atoms with Crippen molar-refractivity contribution in [3.05, 3.63) is 58.0 Å². The number of rotatable bonds is 4. The maximum absolute atomic E-state index is 13.2. The van der Waals surface area contributed by atoms with Crippen molar-refractivity contribution in [1.82, 2.24) is 15.0 Å². The van der Waals surface area contributed by atoms with Gasteiger partial charge in [-0.05, 0) is 24.0 Å². The lowest BCUT2D eigenvalue weighted by atomic mass is 9.99. The molecule has 0 unspecified atom stereocenters. The van der Waals surface area contributed by atoms with Crippen LogP contribution in [-0.2, 0) is 6.18 Å².